The van der Waals surface area contributed by atoms with Gasteiger partial charge >= 0.3 is 0 Å². The van der Waals surface area contributed by atoms with Crippen LogP contribution in [0.4, 0.5) is 5.69 Å². The summed E-state index contributed by atoms with van der Waals surface area (Å²) >= 11 is 0. The van der Waals surface area contributed by atoms with E-state index in [1.807, 2.05) is 279 Å². The van der Waals surface area contributed by atoms with Crippen molar-refractivity contribution in [1.82, 2.24) is 73.9 Å². The van der Waals surface area contributed by atoms with Crippen LogP contribution in [0.2, 0.25) is 0 Å². The molecule has 0 aliphatic heterocycles. The summed E-state index contributed by atoms with van der Waals surface area (Å²) in [5.74, 6) is 6.18. The number of fused-ring (bicyclic) bond motifs is 6. The number of aromatic nitrogens is 15. The van der Waals surface area contributed by atoms with Crippen molar-refractivity contribution < 1.29 is 0 Å². The summed E-state index contributed by atoms with van der Waals surface area (Å²) in [6, 6.07) is 135. The van der Waals surface area contributed by atoms with Crippen LogP contribution >= 0.6 is 0 Å². The van der Waals surface area contributed by atoms with Crippen molar-refractivity contribution in [3.05, 3.63) is 412 Å². The minimum Gasteiger partial charge on any atom is -0.319 e. The normalized spacial score (nSPS) is 11.4. The molecule has 16 heteroatoms. The number of nitrogens with zero attached hydrogens (tertiary/aromatic N) is 16. The topological polar surface area (TPSA) is 182 Å². The van der Waals surface area contributed by atoms with Crippen LogP contribution in [0.15, 0.2) is 400 Å². The molecule has 124 heavy (non-hydrogen) atoms. The smallest absolute Gasteiger partial charge is 0.212 e. The summed E-state index contributed by atoms with van der Waals surface area (Å²) in [4.78, 5) is 72.9. The first kappa shape index (κ1) is 73.0. The lowest BCUT2D eigenvalue weighted by Gasteiger charge is -2.20. The maximum absolute atomic E-state index is 9.75. The Morgan fingerprint density at radius 3 is 0.589 bits per heavy atom. The molecule has 0 radical (unpaired) electrons. The summed E-state index contributed by atoms with van der Waals surface area (Å²) in [5.41, 5.74) is 19.8. The van der Waals surface area contributed by atoms with Gasteiger partial charge in [0, 0.05) is 111 Å². The van der Waals surface area contributed by atoms with Gasteiger partial charge in [-0.05, 0) is 103 Å². The average Bonchev–Trinajstić information content (AvgIpc) is 1.57. The highest BCUT2D eigenvalue weighted by Gasteiger charge is 2.28. The zero-order chi connectivity index (χ0) is 82.4. The van der Waals surface area contributed by atoms with E-state index in [2.05, 4.69) is 135 Å². The van der Waals surface area contributed by atoms with E-state index in [1.165, 1.54) is 0 Å². The second-order valence-corrected chi connectivity index (χ2v) is 30.1. The molecule has 0 saturated carbocycles. The predicted molar refractivity (Wildman–Crippen MR) is 494 cm³/mol. The average molecular weight is 1590 g/mol. The van der Waals surface area contributed by atoms with Crippen LogP contribution in [0.3, 0.4) is 0 Å². The van der Waals surface area contributed by atoms with Gasteiger partial charge in [-0.3, -0.25) is 0 Å². The summed E-state index contributed by atoms with van der Waals surface area (Å²) in [6.45, 7) is 9.75. The lowest BCUT2D eigenvalue weighted by Crippen LogP contribution is -2.03. The van der Waals surface area contributed by atoms with Crippen LogP contribution in [0.1, 0.15) is 0 Å². The molecule has 7 heterocycles. The van der Waals surface area contributed by atoms with Gasteiger partial charge in [0.1, 0.15) is 0 Å². The number of hydrogen-bond donors (Lipinski definition) is 0. The summed E-state index contributed by atoms with van der Waals surface area (Å²) in [7, 11) is 0. The zero-order valence-electron chi connectivity index (χ0n) is 66.3. The monoisotopic (exact) mass is 1590 g/mol. The molecule has 0 saturated heterocycles. The van der Waals surface area contributed by atoms with Crippen LogP contribution in [0, 0.1) is 6.57 Å². The van der Waals surface area contributed by atoms with Gasteiger partial charge in [0.05, 0.1) is 45.7 Å². The second kappa shape index (κ2) is 31.5. The van der Waals surface area contributed by atoms with Crippen molar-refractivity contribution >= 4 is 49.3 Å². The standard InChI is InChI=1S/C108H66N16/c1-109-90-67-95(123-91-56-52-78(105-115-97(70-36-16-4-17-37-70)111-98(116-105)71-38-18-5-19-39-71)60-84(91)85-61-79(53-57-92(85)123)106-117-99(72-40-20-6-21-41-72)112-100(118-106)73-42-22-7-23-43-73)83(82-64-88(68-32-12-2-13-33-68)110-89(65-82)69-34-14-3-15-35-69)66-96(90)124-93-58-54-80(107-119-101(74-44-24-8-25-45-74)113-102(120-107)75-46-26-9-27-47-75)62-86(93)87-63-81(55-59-94(87)124)108-121-103(76-48-28-10-29-49-76)114-104(122-108)77-50-30-11-31-51-77/h2-67H. The van der Waals surface area contributed by atoms with Gasteiger partial charge in [-0.15, -0.1) is 0 Å². The molecule has 0 N–H and O–H groups in total. The first-order chi connectivity index (χ1) is 61.4. The van der Waals surface area contributed by atoms with Crippen molar-refractivity contribution in [1.29, 1.82) is 0 Å². The first-order valence-corrected chi connectivity index (χ1v) is 40.7. The molecular weight excluding hydrogens is 1520 g/mol. The molecule has 0 aliphatic rings. The van der Waals surface area contributed by atoms with E-state index in [1.54, 1.807) is 0 Å². The number of benzene rings is 15. The predicted octanol–water partition coefficient (Wildman–Crippen LogP) is 25.6. The Morgan fingerprint density at radius 2 is 0.371 bits per heavy atom. The van der Waals surface area contributed by atoms with E-state index in [-0.39, 0.29) is 0 Å². The van der Waals surface area contributed by atoms with Crippen molar-refractivity contribution in [3.63, 3.8) is 0 Å². The van der Waals surface area contributed by atoms with E-state index < -0.39 is 0 Å². The molecular formula is C108H66N16. The van der Waals surface area contributed by atoms with Gasteiger partial charge in [0.15, 0.2) is 69.9 Å². The quantitative estimate of drug-likeness (QED) is 0.0786. The molecule has 16 nitrogen and oxygen atoms in total. The highest BCUT2D eigenvalue weighted by Crippen LogP contribution is 2.47. The lowest BCUT2D eigenvalue weighted by molar-refractivity contribution is 1.07. The van der Waals surface area contributed by atoms with Gasteiger partial charge in [-0.25, -0.2) is 69.6 Å². The van der Waals surface area contributed by atoms with Gasteiger partial charge in [-0.1, -0.05) is 303 Å². The largest absolute Gasteiger partial charge is 0.319 e. The summed E-state index contributed by atoms with van der Waals surface area (Å²) in [6.07, 6.45) is 0. The summed E-state index contributed by atoms with van der Waals surface area (Å²) in [5, 5.41) is 3.44. The fraction of sp³-hybridized carbons (Fsp3) is 0. The van der Waals surface area contributed by atoms with Crippen molar-refractivity contribution in [3.8, 4) is 182 Å². The molecule has 22 rings (SSSR count). The number of pyridine rings is 1. The Hall–Kier alpha value is -17.4. The van der Waals surface area contributed by atoms with Gasteiger partial charge < -0.3 is 9.13 Å². The summed E-state index contributed by atoms with van der Waals surface area (Å²) < 4.78 is 4.52. The lowest BCUT2D eigenvalue weighted by atomic mass is 9.97. The molecule has 578 valence electrons. The third-order valence-electron chi connectivity index (χ3n) is 22.3. The first-order valence-electron chi connectivity index (χ1n) is 40.7. The Labute approximate surface area is 712 Å². The van der Waals surface area contributed by atoms with E-state index >= 15 is 0 Å². The van der Waals surface area contributed by atoms with Crippen LogP contribution in [-0.4, -0.2) is 73.9 Å². The van der Waals surface area contributed by atoms with Crippen molar-refractivity contribution in [2.45, 2.75) is 0 Å². The third kappa shape index (κ3) is 13.9. The third-order valence-corrected chi connectivity index (χ3v) is 22.3. The fourth-order valence-electron chi connectivity index (χ4n) is 16.3. The molecule has 0 amide bonds. The minimum atomic E-state index is 0.364. The van der Waals surface area contributed by atoms with E-state index in [9.17, 15) is 6.57 Å². The molecule has 0 bridgehead atoms. The van der Waals surface area contributed by atoms with Crippen LogP contribution in [-0.2, 0) is 0 Å². The maximum Gasteiger partial charge on any atom is 0.212 e. The van der Waals surface area contributed by atoms with E-state index in [0.29, 0.717) is 81.3 Å². The Morgan fingerprint density at radius 1 is 0.169 bits per heavy atom. The van der Waals surface area contributed by atoms with Crippen LogP contribution in [0.25, 0.3) is 230 Å². The molecule has 0 unspecified atom stereocenters. The Bertz CT molecular complexity index is 7220. The molecule has 22 aromatic rings. The fourth-order valence-corrected chi connectivity index (χ4v) is 16.3. The Balaban J connectivity index is 0.823. The van der Waals surface area contributed by atoms with Gasteiger partial charge in [-0.2, -0.15) is 0 Å². The maximum atomic E-state index is 9.75. The zero-order valence-corrected chi connectivity index (χ0v) is 66.3. The minimum absolute atomic E-state index is 0.364. The molecule has 0 spiro atoms. The number of rotatable bonds is 17. The van der Waals surface area contributed by atoms with Crippen molar-refractivity contribution in [2.75, 3.05) is 0 Å². The molecule has 0 atom stereocenters. The second-order valence-electron chi connectivity index (χ2n) is 30.1. The Kier molecular flexibility index (Phi) is 18.5. The molecule has 15 aromatic carbocycles. The SMILES string of the molecule is [C-]#[N+]c1cc(-n2c3ccc(-c4nc(-c5ccccc5)nc(-c5ccccc5)n4)cc3c3cc(-c4nc(-c5ccccc5)nc(-c5ccccc5)n4)ccc32)c(-c2cc(-c3ccccc3)nc(-c3ccccc3)c2)cc1-n1c2ccc(-c3nc(-c4ccccc4)nc(-c4ccccc4)n3)cc2c2cc(-c3nc(-c4ccccc4)nc(-c4ccccc4)n3)ccc21. The van der Waals surface area contributed by atoms with E-state index in [4.69, 9.17) is 64.8 Å². The van der Waals surface area contributed by atoms with E-state index in [0.717, 1.165) is 150 Å². The van der Waals surface area contributed by atoms with Gasteiger partial charge in [0.25, 0.3) is 0 Å². The van der Waals surface area contributed by atoms with Gasteiger partial charge in [0.2, 0.25) is 5.69 Å². The van der Waals surface area contributed by atoms with Crippen LogP contribution < -0.4 is 0 Å². The highest BCUT2D eigenvalue weighted by atomic mass is 15.1. The van der Waals surface area contributed by atoms with Crippen molar-refractivity contribution in [2.24, 2.45) is 0 Å². The number of hydrogen-bond acceptors (Lipinski definition) is 13. The highest BCUT2D eigenvalue weighted by molar-refractivity contribution is 6.14. The molecule has 0 aliphatic carbocycles. The van der Waals surface area contributed by atoms with Crippen LogP contribution in [0.5, 0.6) is 0 Å². The molecule has 7 aromatic heterocycles. The molecule has 0 fully saturated rings.